The van der Waals surface area contributed by atoms with Crippen molar-refractivity contribution in [2.24, 2.45) is 0 Å². The Morgan fingerprint density at radius 1 is 1.42 bits per heavy atom. The Kier molecular flexibility index (Phi) is 4.17. The van der Waals surface area contributed by atoms with Crippen LogP contribution in [-0.4, -0.2) is 21.6 Å². The van der Waals surface area contributed by atoms with Crippen LogP contribution in [0.25, 0.3) is 0 Å². The Morgan fingerprint density at radius 3 is 2.95 bits per heavy atom. The Balaban J connectivity index is 2.09. The van der Waals surface area contributed by atoms with Gasteiger partial charge < -0.3 is 20.2 Å². The lowest BCUT2D eigenvalue weighted by atomic mass is 10.2. The van der Waals surface area contributed by atoms with Gasteiger partial charge in [-0.05, 0) is 25.5 Å². The average molecular weight is 263 g/mol. The highest BCUT2D eigenvalue weighted by Crippen LogP contribution is 2.18. The summed E-state index contributed by atoms with van der Waals surface area (Å²) in [4.78, 5) is 12.1. The SMILES string of the molecule is CCCOc1nc(N)nc(NC(C)c2ccco2)n1. The van der Waals surface area contributed by atoms with E-state index in [2.05, 4.69) is 20.3 Å². The second-order valence-corrected chi connectivity index (χ2v) is 4.03. The number of anilines is 2. The molecule has 2 heterocycles. The van der Waals surface area contributed by atoms with Gasteiger partial charge in [-0.2, -0.15) is 15.0 Å². The monoisotopic (exact) mass is 263 g/mol. The van der Waals surface area contributed by atoms with Crippen LogP contribution in [0.4, 0.5) is 11.9 Å². The summed E-state index contributed by atoms with van der Waals surface area (Å²) in [7, 11) is 0. The lowest BCUT2D eigenvalue weighted by molar-refractivity contribution is 0.292. The standard InChI is InChI=1S/C12H17N5O2/c1-3-6-19-12-16-10(13)15-11(17-12)14-8(2)9-5-4-7-18-9/h4-5,7-8H,3,6H2,1-2H3,(H3,13,14,15,16,17). The third-order valence-corrected chi connectivity index (χ3v) is 2.38. The number of rotatable bonds is 6. The van der Waals surface area contributed by atoms with Gasteiger partial charge in [0, 0.05) is 0 Å². The smallest absolute Gasteiger partial charge is 0.323 e. The highest BCUT2D eigenvalue weighted by Gasteiger charge is 2.11. The molecule has 0 aliphatic rings. The Labute approximate surface area is 111 Å². The van der Waals surface area contributed by atoms with Gasteiger partial charge in [0.2, 0.25) is 11.9 Å². The fourth-order valence-corrected chi connectivity index (χ4v) is 1.50. The van der Waals surface area contributed by atoms with E-state index >= 15 is 0 Å². The van der Waals surface area contributed by atoms with Crippen LogP contribution in [0, 0.1) is 0 Å². The van der Waals surface area contributed by atoms with Crippen molar-refractivity contribution < 1.29 is 9.15 Å². The van der Waals surface area contributed by atoms with Crippen LogP contribution in [0.1, 0.15) is 32.1 Å². The van der Waals surface area contributed by atoms with Gasteiger partial charge in [0.15, 0.2) is 0 Å². The van der Waals surface area contributed by atoms with E-state index in [1.165, 1.54) is 0 Å². The first-order chi connectivity index (χ1) is 9.19. The molecule has 0 aliphatic heterocycles. The maximum Gasteiger partial charge on any atom is 0.323 e. The summed E-state index contributed by atoms with van der Waals surface area (Å²) < 4.78 is 10.6. The van der Waals surface area contributed by atoms with Crippen molar-refractivity contribution in [2.45, 2.75) is 26.3 Å². The zero-order chi connectivity index (χ0) is 13.7. The summed E-state index contributed by atoms with van der Waals surface area (Å²) in [6.45, 7) is 4.48. The summed E-state index contributed by atoms with van der Waals surface area (Å²) in [5, 5.41) is 3.09. The van der Waals surface area contributed by atoms with Crippen LogP contribution in [-0.2, 0) is 0 Å². The molecule has 2 aromatic rings. The fourth-order valence-electron chi connectivity index (χ4n) is 1.50. The van der Waals surface area contributed by atoms with Crippen LogP contribution in [0.5, 0.6) is 6.01 Å². The molecule has 2 aromatic heterocycles. The molecule has 1 unspecified atom stereocenters. The van der Waals surface area contributed by atoms with Crippen molar-refractivity contribution in [1.82, 2.24) is 15.0 Å². The number of aromatic nitrogens is 3. The van der Waals surface area contributed by atoms with Crippen LogP contribution in [0.3, 0.4) is 0 Å². The molecule has 1 atom stereocenters. The quantitative estimate of drug-likeness (QED) is 0.822. The number of furan rings is 1. The van der Waals surface area contributed by atoms with Crippen LogP contribution in [0.15, 0.2) is 22.8 Å². The zero-order valence-corrected chi connectivity index (χ0v) is 11.0. The molecule has 0 amide bonds. The number of ether oxygens (including phenoxy) is 1. The first-order valence-corrected chi connectivity index (χ1v) is 6.13. The number of nitrogens with zero attached hydrogens (tertiary/aromatic N) is 3. The molecule has 2 rings (SSSR count). The molecule has 7 heteroatoms. The molecular formula is C12H17N5O2. The third kappa shape index (κ3) is 3.57. The molecule has 0 bridgehead atoms. The van der Waals surface area contributed by atoms with E-state index in [4.69, 9.17) is 14.9 Å². The predicted octanol–water partition coefficient (Wildman–Crippen LogP) is 2.01. The zero-order valence-electron chi connectivity index (χ0n) is 11.0. The molecule has 0 fully saturated rings. The van der Waals surface area contributed by atoms with Crippen molar-refractivity contribution in [1.29, 1.82) is 0 Å². The summed E-state index contributed by atoms with van der Waals surface area (Å²) >= 11 is 0. The predicted molar refractivity (Wildman–Crippen MR) is 70.8 cm³/mol. The van der Waals surface area contributed by atoms with Gasteiger partial charge in [-0.1, -0.05) is 6.92 Å². The molecule has 3 N–H and O–H groups in total. The lowest BCUT2D eigenvalue weighted by Crippen LogP contribution is -2.12. The maximum absolute atomic E-state index is 5.62. The van der Waals surface area contributed by atoms with E-state index in [1.807, 2.05) is 26.0 Å². The van der Waals surface area contributed by atoms with E-state index in [0.29, 0.717) is 12.6 Å². The van der Waals surface area contributed by atoms with Crippen molar-refractivity contribution in [3.63, 3.8) is 0 Å². The average Bonchev–Trinajstić information content (AvgIpc) is 2.89. The Hall–Kier alpha value is -2.31. The van der Waals surface area contributed by atoms with Gasteiger partial charge in [0.1, 0.15) is 5.76 Å². The summed E-state index contributed by atoms with van der Waals surface area (Å²) in [6, 6.07) is 3.85. The number of nitrogen functional groups attached to an aromatic ring is 1. The van der Waals surface area contributed by atoms with Crippen LogP contribution < -0.4 is 15.8 Å². The van der Waals surface area contributed by atoms with E-state index in [0.717, 1.165) is 12.2 Å². The minimum absolute atomic E-state index is 0.0733. The van der Waals surface area contributed by atoms with Gasteiger partial charge in [-0.3, -0.25) is 0 Å². The molecule has 0 aliphatic carbocycles. The minimum atomic E-state index is -0.0733. The molecule has 19 heavy (non-hydrogen) atoms. The van der Waals surface area contributed by atoms with Gasteiger partial charge in [-0.25, -0.2) is 0 Å². The summed E-state index contributed by atoms with van der Waals surface area (Å²) in [5.41, 5.74) is 5.62. The highest BCUT2D eigenvalue weighted by atomic mass is 16.5. The highest BCUT2D eigenvalue weighted by molar-refractivity contribution is 5.34. The van der Waals surface area contributed by atoms with E-state index in [1.54, 1.807) is 6.26 Å². The molecule has 0 radical (unpaired) electrons. The number of hydrogen-bond donors (Lipinski definition) is 2. The van der Waals surface area contributed by atoms with Crippen LogP contribution in [0.2, 0.25) is 0 Å². The number of hydrogen-bond acceptors (Lipinski definition) is 7. The largest absolute Gasteiger partial charge is 0.467 e. The first-order valence-electron chi connectivity index (χ1n) is 6.13. The van der Waals surface area contributed by atoms with E-state index < -0.39 is 0 Å². The molecule has 7 nitrogen and oxygen atoms in total. The number of nitrogens with one attached hydrogen (secondary N) is 1. The van der Waals surface area contributed by atoms with Crippen molar-refractivity contribution >= 4 is 11.9 Å². The molecule has 0 aromatic carbocycles. The molecule has 0 saturated carbocycles. The second-order valence-electron chi connectivity index (χ2n) is 4.03. The molecule has 0 spiro atoms. The first kappa shape index (κ1) is 13.1. The van der Waals surface area contributed by atoms with Gasteiger partial charge >= 0.3 is 6.01 Å². The van der Waals surface area contributed by atoms with Crippen molar-refractivity contribution in [3.8, 4) is 6.01 Å². The Morgan fingerprint density at radius 2 is 2.26 bits per heavy atom. The lowest BCUT2D eigenvalue weighted by Gasteiger charge is -2.12. The van der Waals surface area contributed by atoms with Crippen LogP contribution >= 0.6 is 0 Å². The molecule has 102 valence electrons. The molecular weight excluding hydrogens is 246 g/mol. The molecule has 0 saturated heterocycles. The van der Waals surface area contributed by atoms with E-state index in [9.17, 15) is 0 Å². The second kappa shape index (κ2) is 6.03. The van der Waals surface area contributed by atoms with Gasteiger partial charge in [0.05, 0.1) is 18.9 Å². The fraction of sp³-hybridized carbons (Fsp3) is 0.417. The normalized spacial score (nSPS) is 12.1. The minimum Gasteiger partial charge on any atom is -0.467 e. The van der Waals surface area contributed by atoms with Crippen molar-refractivity contribution in [3.05, 3.63) is 24.2 Å². The van der Waals surface area contributed by atoms with Gasteiger partial charge in [0.25, 0.3) is 0 Å². The summed E-state index contributed by atoms with van der Waals surface area (Å²) in [5.74, 6) is 1.27. The van der Waals surface area contributed by atoms with Crippen molar-refractivity contribution in [2.75, 3.05) is 17.7 Å². The Bertz CT molecular complexity index is 515. The van der Waals surface area contributed by atoms with Gasteiger partial charge in [-0.15, -0.1) is 0 Å². The number of nitrogens with two attached hydrogens (primary N) is 1. The topological polar surface area (TPSA) is 99.1 Å². The summed E-state index contributed by atoms with van der Waals surface area (Å²) in [6.07, 6.45) is 2.49. The third-order valence-electron chi connectivity index (χ3n) is 2.38. The van der Waals surface area contributed by atoms with E-state index in [-0.39, 0.29) is 18.0 Å². The maximum atomic E-state index is 5.62.